The SMILES string of the molecule is CCCCCCCCCC(c1cc(C)cc(C)c1)c1cc(C)cc(C)c1. The van der Waals surface area contributed by atoms with Crippen LogP contribution in [0, 0.1) is 27.7 Å². The zero-order valence-corrected chi connectivity index (χ0v) is 17.7. The van der Waals surface area contributed by atoms with Gasteiger partial charge in [0.05, 0.1) is 0 Å². The molecule has 0 atom stereocenters. The maximum atomic E-state index is 2.40. The summed E-state index contributed by atoms with van der Waals surface area (Å²) in [4.78, 5) is 0. The largest absolute Gasteiger partial charge is 0.0654 e. The van der Waals surface area contributed by atoms with Gasteiger partial charge in [-0.3, -0.25) is 0 Å². The van der Waals surface area contributed by atoms with Gasteiger partial charge in [-0.15, -0.1) is 0 Å². The minimum Gasteiger partial charge on any atom is -0.0654 e. The van der Waals surface area contributed by atoms with Gasteiger partial charge in [0.2, 0.25) is 0 Å². The van der Waals surface area contributed by atoms with E-state index in [-0.39, 0.29) is 0 Å². The first kappa shape index (κ1) is 20.7. The van der Waals surface area contributed by atoms with E-state index in [1.165, 1.54) is 84.7 Å². The van der Waals surface area contributed by atoms with Crippen LogP contribution in [-0.4, -0.2) is 0 Å². The van der Waals surface area contributed by atoms with Crippen molar-refractivity contribution < 1.29 is 0 Å². The van der Waals surface area contributed by atoms with Gasteiger partial charge in [-0.05, 0) is 45.2 Å². The molecule has 2 rings (SSSR count). The van der Waals surface area contributed by atoms with Crippen LogP contribution in [0.2, 0.25) is 0 Å². The fourth-order valence-corrected chi connectivity index (χ4v) is 4.25. The summed E-state index contributed by atoms with van der Waals surface area (Å²) < 4.78 is 0. The number of benzene rings is 2. The molecule has 0 heteroatoms. The maximum Gasteiger partial charge on any atom is 0.00897 e. The third-order valence-corrected chi connectivity index (χ3v) is 5.39. The number of rotatable bonds is 10. The third kappa shape index (κ3) is 6.63. The summed E-state index contributed by atoms with van der Waals surface area (Å²) in [6.07, 6.45) is 10.9. The van der Waals surface area contributed by atoms with Crippen molar-refractivity contribution in [1.29, 1.82) is 0 Å². The van der Waals surface area contributed by atoms with E-state index in [0.29, 0.717) is 5.92 Å². The Morgan fingerprint density at radius 3 is 1.35 bits per heavy atom. The maximum absolute atomic E-state index is 2.40. The number of hydrogen-bond acceptors (Lipinski definition) is 0. The first-order valence-corrected chi connectivity index (χ1v) is 10.7. The monoisotopic (exact) mass is 350 g/mol. The van der Waals surface area contributed by atoms with Gasteiger partial charge in [0.1, 0.15) is 0 Å². The zero-order valence-electron chi connectivity index (χ0n) is 17.7. The molecule has 2 aromatic carbocycles. The second-order valence-corrected chi connectivity index (χ2v) is 8.30. The molecule has 0 radical (unpaired) electrons. The van der Waals surface area contributed by atoms with Crippen molar-refractivity contribution in [3.63, 3.8) is 0 Å². The van der Waals surface area contributed by atoms with Gasteiger partial charge in [0.15, 0.2) is 0 Å². The third-order valence-electron chi connectivity index (χ3n) is 5.39. The van der Waals surface area contributed by atoms with E-state index in [9.17, 15) is 0 Å². The Hall–Kier alpha value is -1.56. The molecule has 2 aromatic rings. The van der Waals surface area contributed by atoms with Crippen LogP contribution in [0.5, 0.6) is 0 Å². The molecule has 0 aromatic heterocycles. The van der Waals surface area contributed by atoms with Crippen LogP contribution < -0.4 is 0 Å². The second kappa shape index (κ2) is 10.6. The number of hydrogen-bond donors (Lipinski definition) is 0. The molecule has 0 amide bonds. The second-order valence-electron chi connectivity index (χ2n) is 8.30. The molecule has 0 saturated carbocycles. The molecular weight excluding hydrogens is 312 g/mol. The Morgan fingerprint density at radius 2 is 0.923 bits per heavy atom. The molecule has 0 aliphatic rings. The Kier molecular flexibility index (Phi) is 8.42. The minimum absolute atomic E-state index is 0.530. The van der Waals surface area contributed by atoms with Crippen LogP contribution in [0.25, 0.3) is 0 Å². The molecular formula is C26H38. The van der Waals surface area contributed by atoms with Gasteiger partial charge in [0, 0.05) is 5.92 Å². The first-order valence-electron chi connectivity index (χ1n) is 10.7. The Labute approximate surface area is 162 Å². The van der Waals surface area contributed by atoms with E-state index in [2.05, 4.69) is 71.0 Å². The van der Waals surface area contributed by atoms with Gasteiger partial charge >= 0.3 is 0 Å². The topological polar surface area (TPSA) is 0 Å². The molecule has 26 heavy (non-hydrogen) atoms. The zero-order chi connectivity index (χ0) is 18.9. The molecule has 0 spiro atoms. The molecule has 0 fully saturated rings. The molecule has 142 valence electrons. The van der Waals surface area contributed by atoms with Crippen LogP contribution in [0.3, 0.4) is 0 Å². The molecule has 0 N–H and O–H groups in total. The standard InChI is InChI=1S/C26H38/c1-6-7-8-9-10-11-12-13-26(24-16-20(2)14-21(3)17-24)25-18-22(4)15-23(5)19-25/h14-19,26H,6-13H2,1-5H3. The van der Waals surface area contributed by atoms with E-state index in [0.717, 1.165) is 0 Å². The van der Waals surface area contributed by atoms with Gasteiger partial charge in [-0.1, -0.05) is 111 Å². The van der Waals surface area contributed by atoms with Gasteiger partial charge < -0.3 is 0 Å². The van der Waals surface area contributed by atoms with Gasteiger partial charge in [-0.25, -0.2) is 0 Å². The summed E-state index contributed by atoms with van der Waals surface area (Å²) in [5.74, 6) is 0.530. The van der Waals surface area contributed by atoms with Crippen molar-refractivity contribution in [2.24, 2.45) is 0 Å². The lowest BCUT2D eigenvalue weighted by Gasteiger charge is -2.21. The van der Waals surface area contributed by atoms with Crippen molar-refractivity contribution in [2.45, 2.75) is 91.9 Å². The van der Waals surface area contributed by atoms with Crippen LogP contribution in [0.15, 0.2) is 36.4 Å². The predicted octanol–water partition coefficient (Wildman–Crippen LogP) is 8.19. The first-order chi connectivity index (χ1) is 12.5. The highest BCUT2D eigenvalue weighted by Gasteiger charge is 2.15. The highest BCUT2D eigenvalue weighted by Crippen LogP contribution is 2.32. The molecule has 0 aliphatic heterocycles. The Morgan fingerprint density at radius 1 is 0.538 bits per heavy atom. The number of unbranched alkanes of at least 4 members (excludes halogenated alkanes) is 6. The van der Waals surface area contributed by atoms with E-state index in [1.807, 2.05) is 0 Å². The van der Waals surface area contributed by atoms with E-state index in [4.69, 9.17) is 0 Å². The van der Waals surface area contributed by atoms with Crippen molar-refractivity contribution in [3.8, 4) is 0 Å². The van der Waals surface area contributed by atoms with Crippen molar-refractivity contribution in [3.05, 3.63) is 69.8 Å². The molecule has 0 nitrogen and oxygen atoms in total. The molecule has 0 saturated heterocycles. The van der Waals surface area contributed by atoms with E-state index in [1.54, 1.807) is 0 Å². The summed E-state index contributed by atoms with van der Waals surface area (Å²) in [5, 5.41) is 0. The van der Waals surface area contributed by atoms with Gasteiger partial charge in [0.25, 0.3) is 0 Å². The lowest BCUT2D eigenvalue weighted by Crippen LogP contribution is -2.04. The van der Waals surface area contributed by atoms with Crippen molar-refractivity contribution in [2.75, 3.05) is 0 Å². The smallest absolute Gasteiger partial charge is 0.00897 e. The van der Waals surface area contributed by atoms with Gasteiger partial charge in [-0.2, -0.15) is 0 Å². The molecule has 0 aliphatic carbocycles. The van der Waals surface area contributed by atoms with Crippen LogP contribution in [0.1, 0.15) is 97.6 Å². The normalized spacial score (nSPS) is 11.3. The highest BCUT2D eigenvalue weighted by molar-refractivity contribution is 5.40. The van der Waals surface area contributed by atoms with E-state index < -0.39 is 0 Å². The van der Waals surface area contributed by atoms with Crippen LogP contribution in [-0.2, 0) is 0 Å². The fraction of sp³-hybridized carbons (Fsp3) is 0.538. The summed E-state index contributed by atoms with van der Waals surface area (Å²) in [5.41, 5.74) is 8.53. The van der Waals surface area contributed by atoms with Crippen molar-refractivity contribution in [1.82, 2.24) is 0 Å². The fourth-order valence-electron chi connectivity index (χ4n) is 4.25. The predicted molar refractivity (Wildman–Crippen MR) is 116 cm³/mol. The van der Waals surface area contributed by atoms with E-state index >= 15 is 0 Å². The lowest BCUT2D eigenvalue weighted by molar-refractivity contribution is 0.558. The average molecular weight is 351 g/mol. The summed E-state index contributed by atoms with van der Waals surface area (Å²) in [6.45, 7) is 11.2. The molecule has 0 heterocycles. The molecule has 0 unspecified atom stereocenters. The number of aryl methyl sites for hydroxylation is 4. The van der Waals surface area contributed by atoms with Crippen LogP contribution >= 0.6 is 0 Å². The Balaban J connectivity index is 2.11. The van der Waals surface area contributed by atoms with Crippen molar-refractivity contribution >= 4 is 0 Å². The summed E-state index contributed by atoms with van der Waals surface area (Å²) in [7, 11) is 0. The minimum atomic E-state index is 0.530. The highest BCUT2D eigenvalue weighted by atomic mass is 14.2. The average Bonchev–Trinajstić information content (AvgIpc) is 2.55. The Bertz CT molecular complexity index is 588. The quantitative estimate of drug-likeness (QED) is 0.379. The summed E-state index contributed by atoms with van der Waals surface area (Å²) in [6, 6.07) is 14.2. The molecule has 0 bridgehead atoms. The lowest BCUT2D eigenvalue weighted by atomic mass is 9.84. The summed E-state index contributed by atoms with van der Waals surface area (Å²) >= 11 is 0. The van der Waals surface area contributed by atoms with Crippen LogP contribution in [0.4, 0.5) is 0 Å².